The zero-order valence-corrected chi connectivity index (χ0v) is 16.5. The monoisotopic (exact) mass is 398 g/mol. The van der Waals surface area contributed by atoms with Crippen LogP contribution in [-0.2, 0) is 22.5 Å². The van der Waals surface area contributed by atoms with E-state index in [1.807, 2.05) is 66.7 Å². The summed E-state index contributed by atoms with van der Waals surface area (Å²) in [6, 6.07) is 27.8. The van der Waals surface area contributed by atoms with E-state index >= 15 is 0 Å². The maximum atomic E-state index is 12.8. The fourth-order valence-corrected chi connectivity index (χ4v) is 3.02. The van der Waals surface area contributed by atoms with Crippen molar-refractivity contribution >= 4 is 11.9 Å². The topological polar surface area (TPSA) is 70.4 Å². The molecule has 0 aliphatic heterocycles. The molecule has 5 heteroatoms. The SMILES string of the molecule is N#Cc1cccc(C(=O)OCC(=O)N(CCc2ccccc2)Cc2ccccc2)c1. The molecule has 0 aliphatic carbocycles. The maximum absolute atomic E-state index is 12.8. The van der Waals surface area contributed by atoms with Crippen LogP contribution in [0.4, 0.5) is 0 Å². The Morgan fingerprint density at radius 3 is 2.20 bits per heavy atom. The molecule has 0 aliphatic rings. The van der Waals surface area contributed by atoms with Crippen LogP contribution < -0.4 is 0 Å². The van der Waals surface area contributed by atoms with Gasteiger partial charge in [-0.2, -0.15) is 5.26 Å². The molecular weight excluding hydrogens is 376 g/mol. The molecule has 0 atom stereocenters. The minimum atomic E-state index is -0.622. The lowest BCUT2D eigenvalue weighted by molar-refractivity contribution is -0.135. The average Bonchev–Trinajstić information content (AvgIpc) is 2.81. The van der Waals surface area contributed by atoms with Crippen molar-refractivity contribution < 1.29 is 14.3 Å². The van der Waals surface area contributed by atoms with Crippen molar-refractivity contribution in [3.63, 3.8) is 0 Å². The summed E-state index contributed by atoms with van der Waals surface area (Å²) in [6.07, 6.45) is 0.706. The van der Waals surface area contributed by atoms with Crippen molar-refractivity contribution in [3.8, 4) is 6.07 Å². The van der Waals surface area contributed by atoms with E-state index in [4.69, 9.17) is 10.00 Å². The Labute approximate surface area is 176 Å². The van der Waals surface area contributed by atoms with Crippen LogP contribution in [0, 0.1) is 11.3 Å². The quantitative estimate of drug-likeness (QED) is 0.538. The Morgan fingerprint density at radius 1 is 0.867 bits per heavy atom. The van der Waals surface area contributed by atoms with E-state index in [-0.39, 0.29) is 18.1 Å². The van der Waals surface area contributed by atoms with E-state index in [9.17, 15) is 9.59 Å². The highest BCUT2D eigenvalue weighted by atomic mass is 16.5. The number of carbonyl (C=O) groups is 2. The van der Waals surface area contributed by atoms with E-state index < -0.39 is 5.97 Å². The molecule has 0 radical (unpaired) electrons. The molecule has 0 bridgehead atoms. The van der Waals surface area contributed by atoms with Gasteiger partial charge in [-0.15, -0.1) is 0 Å². The summed E-state index contributed by atoms with van der Waals surface area (Å²) in [4.78, 5) is 26.8. The van der Waals surface area contributed by atoms with Crippen LogP contribution >= 0.6 is 0 Å². The Kier molecular flexibility index (Phi) is 7.34. The number of amides is 1. The Balaban J connectivity index is 1.64. The van der Waals surface area contributed by atoms with Gasteiger partial charge in [-0.25, -0.2) is 4.79 Å². The molecule has 0 aromatic heterocycles. The predicted octanol–water partition coefficient (Wildman–Crippen LogP) is 3.99. The van der Waals surface area contributed by atoms with Crippen LogP contribution in [0.2, 0.25) is 0 Å². The van der Waals surface area contributed by atoms with Gasteiger partial charge >= 0.3 is 5.97 Å². The van der Waals surface area contributed by atoms with Gasteiger partial charge in [0.2, 0.25) is 0 Å². The lowest BCUT2D eigenvalue weighted by Gasteiger charge is -2.23. The third kappa shape index (κ3) is 6.05. The number of rotatable bonds is 8. The summed E-state index contributed by atoms with van der Waals surface area (Å²) in [5.41, 5.74) is 2.76. The number of ether oxygens (including phenoxy) is 1. The zero-order chi connectivity index (χ0) is 21.2. The van der Waals surface area contributed by atoms with E-state index in [2.05, 4.69) is 0 Å². The van der Waals surface area contributed by atoms with E-state index in [0.717, 1.165) is 11.1 Å². The lowest BCUT2D eigenvalue weighted by atomic mass is 10.1. The highest BCUT2D eigenvalue weighted by Gasteiger charge is 2.17. The minimum absolute atomic E-state index is 0.251. The number of hydrogen-bond donors (Lipinski definition) is 0. The Bertz CT molecular complexity index is 1030. The molecule has 0 unspecified atom stereocenters. The van der Waals surface area contributed by atoms with Gasteiger partial charge in [-0.1, -0.05) is 66.7 Å². The van der Waals surface area contributed by atoms with E-state index in [1.54, 1.807) is 23.1 Å². The van der Waals surface area contributed by atoms with Gasteiger partial charge in [0.25, 0.3) is 5.91 Å². The Hall–Kier alpha value is -3.91. The summed E-state index contributed by atoms with van der Waals surface area (Å²) >= 11 is 0. The van der Waals surface area contributed by atoms with Crippen LogP contribution in [0.25, 0.3) is 0 Å². The lowest BCUT2D eigenvalue weighted by Crippen LogP contribution is -2.35. The molecule has 1 amide bonds. The summed E-state index contributed by atoms with van der Waals surface area (Å²) < 4.78 is 5.22. The molecule has 3 aromatic carbocycles. The number of hydrogen-bond acceptors (Lipinski definition) is 4. The van der Waals surface area contributed by atoms with Crippen molar-refractivity contribution in [1.29, 1.82) is 5.26 Å². The highest BCUT2D eigenvalue weighted by molar-refractivity contribution is 5.91. The van der Waals surface area contributed by atoms with Crippen LogP contribution in [0.1, 0.15) is 27.0 Å². The second-order valence-corrected chi connectivity index (χ2v) is 6.81. The first-order chi connectivity index (χ1) is 14.7. The van der Waals surface area contributed by atoms with Crippen LogP contribution in [0.3, 0.4) is 0 Å². The van der Waals surface area contributed by atoms with Gasteiger partial charge < -0.3 is 9.64 Å². The Morgan fingerprint density at radius 2 is 1.53 bits per heavy atom. The molecule has 0 saturated heterocycles. The normalized spacial score (nSPS) is 10.1. The summed E-state index contributed by atoms with van der Waals surface area (Å²) in [5.74, 6) is -0.886. The number of benzene rings is 3. The minimum Gasteiger partial charge on any atom is -0.452 e. The molecular formula is C25H22N2O3. The first-order valence-corrected chi connectivity index (χ1v) is 9.68. The van der Waals surface area contributed by atoms with Gasteiger partial charge in [-0.3, -0.25) is 4.79 Å². The number of carbonyl (C=O) groups excluding carboxylic acids is 2. The molecule has 3 rings (SSSR count). The number of nitrogens with zero attached hydrogens (tertiary/aromatic N) is 2. The highest BCUT2D eigenvalue weighted by Crippen LogP contribution is 2.10. The van der Waals surface area contributed by atoms with Gasteiger partial charge in [0, 0.05) is 13.1 Å². The zero-order valence-electron chi connectivity index (χ0n) is 16.5. The summed E-state index contributed by atoms with van der Waals surface area (Å²) in [5, 5.41) is 8.97. The standard InChI is InChI=1S/C25H22N2O3/c26-17-22-12-7-13-23(16-22)25(29)30-19-24(28)27(18-21-10-5-2-6-11-21)15-14-20-8-3-1-4-9-20/h1-13,16H,14-15,18-19H2. The fourth-order valence-electron chi connectivity index (χ4n) is 3.02. The third-order valence-electron chi connectivity index (χ3n) is 4.64. The second kappa shape index (κ2) is 10.6. The molecule has 0 spiro atoms. The van der Waals surface area contributed by atoms with Crippen LogP contribution in [-0.4, -0.2) is 29.9 Å². The van der Waals surface area contributed by atoms with E-state index in [0.29, 0.717) is 25.1 Å². The molecule has 0 heterocycles. The van der Waals surface area contributed by atoms with Gasteiger partial charge in [0.1, 0.15) is 0 Å². The van der Waals surface area contributed by atoms with E-state index in [1.165, 1.54) is 6.07 Å². The van der Waals surface area contributed by atoms with Crippen LogP contribution in [0.5, 0.6) is 0 Å². The van der Waals surface area contributed by atoms with Crippen LogP contribution in [0.15, 0.2) is 84.9 Å². The molecule has 30 heavy (non-hydrogen) atoms. The predicted molar refractivity (Wildman–Crippen MR) is 113 cm³/mol. The van der Waals surface area contributed by atoms with Gasteiger partial charge in [0.15, 0.2) is 6.61 Å². The summed E-state index contributed by atoms with van der Waals surface area (Å²) in [7, 11) is 0. The van der Waals surface area contributed by atoms with Gasteiger partial charge in [0.05, 0.1) is 17.2 Å². The maximum Gasteiger partial charge on any atom is 0.338 e. The average molecular weight is 398 g/mol. The fraction of sp³-hybridized carbons (Fsp3) is 0.160. The number of nitriles is 1. The van der Waals surface area contributed by atoms with Crippen molar-refractivity contribution in [3.05, 3.63) is 107 Å². The summed E-state index contributed by atoms with van der Waals surface area (Å²) in [6.45, 7) is 0.602. The molecule has 3 aromatic rings. The molecule has 0 saturated carbocycles. The second-order valence-electron chi connectivity index (χ2n) is 6.81. The first kappa shape index (κ1) is 20.8. The molecule has 0 fully saturated rings. The smallest absolute Gasteiger partial charge is 0.338 e. The first-order valence-electron chi connectivity index (χ1n) is 9.68. The molecule has 150 valence electrons. The third-order valence-corrected chi connectivity index (χ3v) is 4.64. The molecule has 0 N–H and O–H groups in total. The van der Waals surface area contributed by atoms with Crippen molar-refractivity contribution in [2.75, 3.05) is 13.2 Å². The largest absolute Gasteiger partial charge is 0.452 e. The van der Waals surface area contributed by atoms with Crippen molar-refractivity contribution in [2.45, 2.75) is 13.0 Å². The van der Waals surface area contributed by atoms with Crippen molar-refractivity contribution in [2.24, 2.45) is 0 Å². The number of esters is 1. The van der Waals surface area contributed by atoms with Crippen molar-refractivity contribution in [1.82, 2.24) is 4.90 Å². The molecule has 5 nitrogen and oxygen atoms in total. The van der Waals surface area contributed by atoms with Gasteiger partial charge in [-0.05, 0) is 35.7 Å².